The highest BCUT2D eigenvalue weighted by atomic mass is 32.2. The lowest BCUT2D eigenvalue weighted by molar-refractivity contribution is 0.342. The highest BCUT2D eigenvalue weighted by Gasteiger charge is 2.34. The molecule has 1 saturated heterocycles. The maximum atomic E-state index is 11.7. The number of rotatable bonds is 6. The normalized spacial score (nSPS) is 26.8. The third kappa shape index (κ3) is 3.61. The second kappa shape index (κ2) is 5.48. The summed E-state index contributed by atoms with van der Waals surface area (Å²) >= 11 is 0. The van der Waals surface area contributed by atoms with Crippen molar-refractivity contribution >= 4 is 9.84 Å². The Morgan fingerprint density at radius 3 is 2.80 bits per heavy atom. The monoisotopic (exact) mass is 297 g/mol. The second-order valence-corrected chi connectivity index (χ2v) is 8.56. The summed E-state index contributed by atoms with van der Waals surface area (Å²) in [5.41, 5.74) is 1.21. The third-order valence-corrected chi connectivity index (χ3v) is 6.23. The van der Waals surface area contributed by atoms with Crippen LogP contribution in [0, 0.1) is 11.8 Å². The maximum absolute atomic E-state index is 11.7. The number of nitrogens with zero attached hydrogens (tertiary/aromatic N) is 2. The van der Waals surface area contributed by atoms with Crippen LogP contribution >= 0.6 is 0 Å². The Morgan fingerprint density at radius 1 is 1.45 bits per heavy atom. The largest absolute Gasteiger partial charge is 0.314 e. The fourth-order valence-electron chi connectivity index (χ4n) is 3.09. The first-order valence-electron chi connectivity index (χ1n) is 7.43. The minimum absolute atomic E-state index is 0.298. The summed E-state index contributed by atoms with van der Waals surface area (Å²) < 4.78 is 25.2. The summed E-state index contributed by atoms with van der Waals surface area (Å²) in [5.74, 6) is 1.43. The number of hydrogen-bond donors (Lipinski definition) is 1. The van der Waals surface area contributed by atoms with Crippen LogP contribution in [0.15, 0.2) is 12.4 Å². The van der Waals surface area contributed by atoms with E-state index in [2.05, 4.69) is 10.4 Å². The second-order valence-electron chi connectivity index (χ2n) is 6.33. The molecule has 1 aliphatic carbocycles. The molecule has 0 radical (unpaired) electrons. The molecule has 2 heterocycles. The van der Waals surface area contributed by atoms with Crippen molar-refractivity contribution in [3.63, 3.8) is 0 Å². The molecule has 1 aliphatic heterocycles. The standard InChI is InChI=1S/C14H23N3O2S/c1-17-9-11(7-16-17)6-13(8-15-14-2-3-14)12-4-5-20(18,19)10-12/h7,9,12-15H,2-6,8,10H2,1H3. The highest BCUT2D eigenvalue weighted by molar-refractivity contribution is 7.91. The molecule has 5 nitrogen and oxygen atoms in total. The van der Waals surface area contributed by atoms with Crippen LogP contribution in [0.1, 0.15) is 24.8 Å². The predicted octanol–water partition coefficient (Wildman–Crippen LogP) is 0.766. The van der Waals surface area contributed by atoms with Crippen LogP contribution in [0.5, 0.6) is 0 Å². The number of sulfone groups is 1. The molecule has 0 bridgehead atoms. The number of aryl methyl sites for hydroxylation is 1. The van der Waals surface area contributed by atoms with E-state index in [-0.39, 0.29) is 0 Å². The van der Waals surface area contributed by atoms with Gasteiger partial charge in [0.25, 0.3) is 0 Å². The van der Waals surface area contributed by atoms with Gasteiger partial charge in [0, 0.05) is 19.3 Å². The summed E-state index contributed by atoms with van der Waals surface area (Å²) in [7, 11) is -0.881. The number of nitrogens with one attached hydrogen (secondary N) is 1. The van der Waals surface area contributed by atoms with Gasteiger partial charge in [-0.15, -0.1) is 0 Å². The molecular formula is C14H23N3O2S. The zero-order chi connectivity index (χ0) is 14.2. The fraction of sp³-hybridized carbons (Fsp3) is 0.786. The van der Waals surface area contributed by atoms with Gasteiger partial charge in [-0.25, -0.2) is 8.42 Å². The molecule has 20 heavy (non-hydrogen) atoms. The van der Waals surface area contributed by atoms with E-state index in [0.29, 0.717) is 29.4 Å². The summed E-state index contributed by atoms with van der Waals surface area (Å²) in [6.45, 7) is 0.930. The van der Waals surface area contributed by atoms with Crippen molar-refractivity contribution in [2.75, 3.05) is 18.1 Å². The van der Waals surface area contributed by atoms with Gasteiger partial charge in [0.15, 0.2) is 9.84 Å². The molecule has 2 unspecified atom stereocenters. The first-order valence-corrected chi connectivity index (χ1v) is 9.25. The first kappa shape index (κ1) is 14.1. The van der Waals surface area contributed by atoms with Crippen molar-refractivity contribution in [3.8, 4) is 0 Å². The van der Waals surface area contributed by atoms with Crippen molar-refractivity contribution < 1.29 is 8.42 Å². The molecular weight excluding hydrogens is 274 g/mol. The molecule has 0 spiro atoms. The van der Waals surface area contributed by atoms with Gasteiger partial charge in [-0.1, -0.05) is 0 Å². The van der Waals surface area contributed by atoms with Gasteiger partial charge < -0.3 is 5.32 Å². The average molecular weight is 297 g/mol. The molecule has 1 saturated carbocycles. The van der Waals surface area contributed by atoms with Gasteiger partial charge in [0.1, 0.15) is 0 Å². The lowest BCUT2D eigenvalue weighted by atomic mass is 9.87. The summed E-state index contributed by atoms with van der Waals surface area (Å²) in [5, 5.41) is 7.78. The summed E-state index contributed by atoms with van der Waals surface area (Å²) in [6, 6.07) is 0.671. The summed E-state index contributed by atoms with van der Waals surface area (Å²) in [4.78, 5) is 0. The molecule has 112 valence electrons. The Labute approximate surface area is 120 Å². The van der Waals surface area contributed by atoms with Crippen molar-refractivity contribution in [2.45, 2.75) is 31.7 Å². The third-order valence-electron chi connectivity index (χ3n) is 4.44. The van der Waals surface area contributed by atoms with Crippen LogP contribution in [0.25, 0.3) is 0 Å². The maximum Gasteiger partial charge on any atom is 0.150 e. The number of aromatic nitrogens is 2. The minimum atomic E-state index is -2.80. The van der Waals surface area contributed by atoms with Gasteiger partial charge in [0.05, 0.1) is 17.7 Å². The van der Waals surface area contributed by atoms with Crippen molar-refractivity contribution in [2.24, 2.45) is 18.9 Å². The van der Waals surface area contributed by atoms with Crippen LogP contribution in [0.2, 0.25) is 0 Å². The van der Waals surface area contributed by atoms with Crippen LogP contribution in [0.4, 0.5) is 0 Å². The van der Waals surface area contributed by atoms with E-state index in [1.807, 2.05) is 24.1 Å². The molecule has 0 aromatic carbocycles. The number of hydrogen-bond acceptors (Lipinski definition) is 4. The molecule has 6 heteroatoms. The Morgan fingerprint density at radius 2 is 2.25 bits per heavy atom. The van der Waals surface area contributed by atoms with Crippen LogP contribution in [-0.4, -0.2) is 42.3 Å². The van der Waals surface area contributed by atoms with Crippen LogP contribution < -0.4 is 5.32 Å². The molecule has 2 aliphatic rings. The van der Waals surface area contributed by atoms with Crippen molar-refractivity contribution in [1.82, 2.24) is 15.1 Å². The Kier molecular flexibility index (Phi) is 3.86. The molecule has 2 atom stereocenters. The molecule has 1 aromatic heterocycles. The first-order chi connectivity index (χ1) is 9.52. The molecule has 1 aromatic rings. The topological polar surface area (TPSA) is 64.0 Å². The van der Waals surface area contributed by atoms with Gasteiger partial charge in [-0.05, 0) is 49.6 Å². The van der Waals surface area contributed by atoms with E-state index >= 15 is 0 Å². The van der Waals surface area contributed by atoms with Gasteiger partial charge in [0.2, 0.25) is 0 Å². The fourth-order valence-corrected chi connectivity index (χ4v) is 5.01. The van der Waals surface area contributed by atoms with E-state index in [9.17, 15) is 8.42 Å². The SMILES string of the molecule is Cn1cc(CC(CNC2CC2)C2CCS(=O)(=O)C2)cn1. The zero-order valence-electron chi connectivity index (χ0n) is 12.0. The highest BCUT2D eigenvalue weighted by Crippen LogP contribution is 2.29. The van der Waals surface area contributed by atoms with E-state index in [1.54, 1.807) is 0 Å². The lowest BCUT2D eigenvalue weighted by Gasteiger charge is -2.22. The van der Waals surface area contributed by atoms with Crippen molar-refractivity contribution in [1.29, 1.82) is 0 Å². The van der Waals surface area contributed by atoms with Crippen molar-refractivity contribution in [3.05, 3.63) is 18.0 Å². The zero-order valence-corrected chi connectivity index (χ0v) is 12.8. The quantitative estimate of drug-likeness (QED) is 0.842. The Hall–Kier alpha value is -0.880. The summed E-state index contributed by atoms with van der Waals surface area (Å²) in [6.07, 6.45) is 8.21. The minimum Gasteiger partial charge on any atom is -0.314 e. The van der Waals surface area contributed by atoms with E-state index in [1.165, 1.54) is 18.4 Å². The molecule has 1 N–H and O–H groups in total. The van der Waals surface area contributed by atoms with Crippen LogP contribution in [-0.2, 0) is 23.3 Å². The van der Waals surface area contributed by atoms with Gasteiger partial charge in [-0.2, -0.15) is 5.10 Å². The Bertz CT molecular complexity index is 563. The molecule has 0 amide bonds. The average Bonchev–Trinajstić information content (AvgIpc) is 3.02. The molecule has 2 fully saturated rings. The smallest absolute Gasteiger partial charge is 0.150 e. The van der Waals surface area contributed by atoms with E-state index < -0.39 is 9.84 Å². The Balaban J connectivity index is 1.66. The van der Waals surface area contributed by atoms with E-state index in [4.69, 9.17) is 0 Å². The van der Waals surface area contributed by atoms with Gasteiger partial charge in [-0.3, -0.25) is 4.68 Å². The van der Waals surface area contributed by atoms with Gasteiger partial charge >= 0.3 is 0 Å². The predicted molar refractivity (Wildman–Crippen MR) is 78.2 cm³/mol. The van der Waals surface area contributed by atoms with E-state index in [0.717, 1.165) is 19.4 Å². The molecule has 3 rings (SSSR count). The lowest BCUT2D eigenvalue weighted by Crippen LogP contribution is -2.31. The van der Waals surface area contributed by atoms with Crippen LogP contribution in [0.3, 0.4) is 0 Å².